The molecule has 0 aliphatic carbocycles. The highest BCUT2D eigenvalue weighted by molar-refractivity contribution is 7.99. The van der Waals surface area contributed by atoms with Gasteiger partial charge >= 0.3 is 0 Å². The van der Waals surface area contributed by atoms with E-state index in [9.17, 15) is 10.1 Å². The summed E-state index contributed by atoms with van der Waals surface area (Å²) in [7, 11) is 1.54. The van der Waals surface area contributed by atoms with Crippen molar-refractivity contribution in [3.8, 4) is 5.75 Å². The summed E-state index contributed by atoms with van der Waals surface area (Å²) in [5.41, 5.74) is 0.0526. The molecule has 6 heteroatoms. The number of aliphatic hydroxyl groups excluding tert-OH is 1. The summed E-state index contributed by atoms with van der Waals surface area (Å²) >= 11 is 1.34. The van der Waals surface area contributed by atoms with Gasteiger partial charge in [0.1, 0.15) is 5.75 Å². The molecule has 0 heterocycles. The number of rotatable bonds is 5. The third-order valence-electron chi connectivity index (χ3n) is 2.69. The number of ether oxygens (including phenoxy) is 1. The van der Waals surface area contributed by atoms with E-state index in [0.29, 0.717) is 27.2 Å². The van der Waals surface area contributed by atoms with Gasteiger partial charge in [-0.1, -0.05) is 18.2 Å². The predicted octanol–water partition coefficient (Wildman–Crippen LogP) is 2.84. The van der Waals surface area contributed by atoms with Gasteiger partial charge in [0, 0.05) is 17.2 Å². The molecular formula is C13H13NO4S. The fourth-order valence-electron chi connectivity index (χ4n) is 1.93. The van der Waals surface area contributed by atoms with E-state index in [1.54, 1.807) is 18.2 Å². The number of methoxy groups -OCH3 is 1. The van der Waals surface area contributed by atoms with E-state index in [-0.39, 0.29) is 12.3 Å². The molecule has 19 heavy (non-hydrogen) atoms. The molecule has 2 aromatic rings. The molecule has 0 aromatic heterocycles. The Labute approximate surface area is 114 Å². The lowest BCUT2D eigenvalue weighted by Gasteiger charge is -2.11. The largest absolute Gasteiger partial charge is 0.495 e. The fraction of sp³-hybridized carbons (Fsp3) is 0.231. The van der Waals surface area contributed by atoms with Crippen molar-refractivity contribution in [2.24, 2.45) is 0 Å². The molecule has 0 bridgehead atoms. The van der Waals surface area contributed by atoms with E-state index in [2.05, 4.69) is 0 Å². The number of hydrogen-bond acceptors (Lipinski definition) is 5. The molecular weight excluding hydrogens is 266 g/mol. The number of nitro groups is 1. The number of benzene rings is 2. The molecule has 0 fully saturated rings. The van der Waals surface area contributed by atoms with E-state index in [1.807, 2.05) is 6.07 Å². The van der Waals surface area contributed by atoms with Crippen LogP contribution in [-0.4, -0.2) is 29.5 Å². The number of fused-ring (bicyclic) bond motifs is 1. The van der Waals surface area contributed by atoms with Crippen molar-refractivity contribution in [1.29, 1.82) is 0 Å². The number of nitro benzene ring substituents is 1. The van der Waals surface area contributed by atoms with E-state index in [4.69, 9.17) is 9.84 Å². The van der Waals surface area contributed by atoms with Crippen molar-refractivity contribution >= 4 is 28.2 Å². The minimum Gasteiger partial charge on any atom is -0.495 e. The molecule has 1 N–H and O–H groups in total. The topological polar surface area (TPSA) is 72.6 Å². The Balaban J connectivity index is 2.70. The Kier molecular flexibility index (Phi) is 4.24. The molecule has 0 aliphatic heterocycles. The normalized spacial score (nSPS) is 10.6. The van der Waals surface area contributed by atoms with Crippen molar-refractivity contribution < 1.29 is 14.8 Å². The number of hydrogen-bond donors (Lipinski definition) is 1. The summed E-state index contributed by atoms with van der Waals surface area (Å²) in [6.07, 6.45) is 0. The van der Waals surface area contributed by atoms with Crippen molar-refractivity contribution in [2.75, 3.05) is 19.5 Å². The lowest BCUT2D eigenvalue weighted by molar-refractivity contribution is -0.383. The molecule has 0 unspecified atom stereocenters. The van der Waals surface area contributed by atoms with Crippen LogP contribution in [-0.2, 0) is 0 Å². The number of thioether (sulfide) groups is 1. The monoisotopic (exact) mass is 279 g/mol. The van der Waals surface area contributed by atoms with Crippen LogP contribution < -0.4 is 4.74 Å². The summed E-state index contributed by atoms with van der Waals surface area (Å²) in [5.74, 6) is 1.07. The molecule has 0 aliphatic rings. The second kappa shape index (κ2) is 5.90. The molecule has 0 saturated heterocycles. The summed E-state index contributed by atoms with van der Waals surface area (Å²) in [5, 5.41) is 21.3. The smallest absolute Gasteiger partial charge is 0.278 e. The lowest BCUT2D eigenvalue weighted by Crippen LogP contribution is -1.96. The van der Waals surface area contributed by atoms with E-state index in [0.717, 1.165) is 0 Å². The molecule has 0 radical (unpaired) electrons. The van der Waals surface area contributed by atoms with Gasteiger partial charge in [0.05, 0.1) is 28.9 Å². The van der Waals surface area contributed by atoms with Gasteiger partial charge < -0.3 is 9.84 Å². The van der Waals surface area contributed by atoms with Gasteiger partial charge in [-0.25, -0.2) is 0 Å². The molecule has 2 aromatic carbocycles. The fourth-order valence-corrected chi connectivity index (χ4v) is 2.76. The summed E-state index contributed by atoms with van der Waals surface area (Å²) in [6.45, 7) is 0.00838. The second-order valence-corrected chi connectivity index (χ2v) is 4.94. The van der Waals surface area contributed by atoms with Gasteiger partial charge in [0.2, 0.25) is 0 Å². The molecule has 5 nitrogen and oxygen atoms in total. The van der Waals surface area contributed by atoms with Crippen LogP contribution in [0.3, 0.4) is 0 Å². The maximum atomic E-state index is 11.1. The van der Waals surface area contributed by atoms with Crippen LogP contribution in [0.15, 0.2) is 35.2 Å². The highest BCUT2D eigenvalue weighted by atomic mass is 32.2. The molecule has 0 spiro atoms. The summed E-state index contributed by atoms with van der Waals surface area (Å²) < 4.78 is 5.37. The van der Waals surface area contributed by atoms with Gasteiger partial charge in [-0.05, 0) is 6.07 Å². The molecule has 100 valence electrons. The van der Waals surface area contributed by atoms with Crippen molar-refractivity contribution in [2.45, 2.75) is 4.90 Å². The van der Waals surface area contributed by atoms with Gasteiger partial charge in [-0.3, -0.25) is 10.1 Å². The first-order chi connectivity index (χ1) is 9.19. The van der Waals surface area contributed by atoms with Crippen LogP contribution in [0.25, 0.3) is 10.8 Å². The van der Waals surface area contributed by atoms with Gasteiger partial charge in [-0.15, -0.1) is 11.8 Å². The average Bonchev–Trinajstić information content (AvgIpc) is 2.43. The van der Waals surface area contributed by atoms with E-state index in [1.165, 1.54) is 24.9 Å². The third kappa shape index (κ3) is 2.64. The SMILES string of the molecule is COc1c(SCCO)cc([N+](=O)[O-])c2ccccc12. The zero-order valence-electron chi connectivity index (χ0n) is 10.3. The molecule has 2 rings (SSSR count). The lowest BCUT2D eigenvalue weighted by atomic mass is 10.1. The Hall–Kier alpha value is -1.79. The van der Waals surface area contributed by atoms with E-state index >= 15 is 0 Å². The number of non-ortho nitro benzene ring substituents is 1. The van der Waals surface area contributed by atoms with Crippen molar-refractivity contribution in [3.05, 3.63) is 40.4 Å². The standard InChI is InChI=1S/C13H13NO4S/c1-18-13-10-5-3-2-4-9(10)11(14(16)17)8-12(13)19-7-6-15/h2-5,8,15H,6-7H2,1H3. The van der Waals surface area contributed by atoms with Crippen molar-refractivity contribution in [3.63, 3.8) is 0 Å². The predicted molar refractivity (Wildman–Crippen MR) is 75.0 cm³/mol. The van der Waals surface area contributed by atoms with Gasteiger partial charge in [-0.2, -0.15) is 0 Å². The minimum absolute atomic E-state index is 0.00838. The van der Waals surface area contributed by atoms with Crippen LogP contribution in [0.1, 0.15) is 0 Å². The Bertz CT molecular complexity index is 615. The van der Waals surface area contributed by atoms with E-state index < -0.39 is 4.92 Å². The second-order valence-electron chi connectivity index (χ2n) is 3.80. The zero-order chi connectivity index (χ0) is 13.8. The number of aliphatic hydroxyl groups is 1. The summed E-state index contributed by atoms with van der Waals surface area (Å²) in [4.78, 5) is 11.4. The molecule has 0 atom stereocenters. The van der Waals surface area contributed by atoms with Gasteiger partial charge in [0.25, 0.3) is 5.69 Å². The highest BCUT2D eigenvalue weighted by Crippen LogP contribution is 2.41. The van der Waals surface area contributed by atoms with Crippen molar-refractivity contribution in [1.82, 2.24) is 0 Å². The first kappa shape index (κ1) is 13.6. The van der Waals surface area contributed by atoms with Crippen LogP contribution in [0.5, 0.6) is 5.75 Å². The first-order valence-electron chi connectivity index (χ1n) is 5.66. The van der Waals surface area contributed by atoms with Crippen LogP contribution in [0, 0.1) is 10.1 Å². The average molecular weight is 279 g/mol. The summed E-state index contributed by atoms with van der Waals surface area (Å²) in [6, 6.07) is 8.58. The Morgan fingerprint density at radius 3 is 2.63 bits per heavy atom. The van der Waals surface area contributed by atoms with Gasteiger partial charge in [0.15, 0.2) is 0 Å². The van der Waals surface area contributed by atoms with Crippen LogP contribution in [0.2, 0.25) is 0 Å². The Morgan fingerprint density at radius 1 is 1.37 bits per heavy atom. The quantitative estimate of drug-likeness (QED) is 0.517. The first-order valence-corrected chi connectivity index (χ1v) is 6.65. The minimum atomic E-state index is -0.398. The Morgan fingerprint density at radius 2 is 2.05 bits per heavy atom. The number of nitrogens with zero attached hydrogens (tertiary/aromatic N) is 1. The molecule has 0 saturated carbocycles. The maximum absolute atomic E-state index is 11.1. The molecule has 0 amide bonds. The third-order valence-corrected chi connectivity index (χ3v) is 3.69. The zero-order valence-corrected chi connectivity index (χ0v) is 11.1. The van der Waals surface area contributed by atoms with Crippen LogP contribution in [0.4, 0.5) is 5.69 Å². The maximum Gasteiger partial charge on any atom is 0.278 e. The highest BCUT2D eigenvalue weighted by Gasteiger charge is 2.19. The van der Waals surface area contributed by atoms with Crippen LogP contribution >= 0.6 is 11.8 Å².